The van der Waals surface area contributed by atoms with Gasteiger partial charge in [-0.05, 0) is 36.4 Å². The van der Waals surface area contributed by atoms with Gasteiger partial charge >= 0.3 is 0 Å². The van der Waals surface area contributed by atoms with Crippen LogP contribution in [0.4, 0.5) is 5.69 Å². The lowest BCUT2D eigenvalue weighted by Gasteiger charge is -2.08. The number of anilines is 1. The minimum atomic E-state index is -0.655. The number of carbonyl (C=O) groups excluding carboxylic acids is 2. The van der Waals surface area contributed by atoms with E-state index in [0.717, 1.165) is 0 Å². The summed E-state index contributed by atoms with van der Waals surface area (Å²) >= 11 is 5.85. The molecule has 0 fully saturated rings. The van der Waals surface area contributed by atoms with Crippen molar-refractivity contribution >= 4 is 29.1 Å². The fourth-order valence-corrected chi connectivity index (χ4v) is 1.97. The lowest BCUT2D eigenvalue weighted by molar-refractivity contribution is 0.0996. The fraction of sp³-hybridized carbons (Fsp3) is 0.0667. The molecular formula is C15H13ClN2O3. The molecule has 0 radical (unpaired) electrons. The van der Waals surface area contributed by atoms with E-state index in [9.17, 15) is 9.59 Å². The average Bonchev–Trinajstić information content (AvgIpc) is 2.49. The van der Waals surface area contributed by atoms with E-state index in [1.165, 1.54) is 19.2 Å². The van der Waals surface area contributed by atoms with Crippen LogP contribution in [0.3, 0.4) is 0 Å². The van der Waals surface area contributed by atoms with Gasteiger partial charge in [-0.3, -0.25) is 9.59 Å². The van der Waals surface area contributed by atoms with E-state index < -0.39 is 5.91 Å². The van der Waals surface area contributed by atoms with E-state index in [1.807, 2.05) is 0 Å². The van der Waals surface area contributed by atoms with Crippen LogP contribution in [0.2, 0.25) is 5.02 Å². The predicted octanol–water partition coefficient (Wildman–Crippen LogP) is 2.70. The Labute approximate surface area is 126 Å². The molecule has 0 spiro atoms. The summed E-state index contributed by atoms with van der Waals surface area (Å²) in [7, 11) is 1.52. The summed E-state index contributed by atoms with van der Waals surface area (Å²) in [6, 6.07) is 11.2. The second-order valence-electron chi connectivity index (χ2n) is 4.24. The smallest absolute Gasteiger partial charge is 0.255 e. The van der Waals surface area contributed by atoms with Crippen LogP contribution in [-0.2, 0) is 0 Å². The minimum absolute atomic E-state index is 0.153. The summed E-state index contributed by atoms with van der Waals surface area (Å²) in [5.74, 6) is -0.402. The zero-order valence-corrected chi connectivity index (χ0v) is 12.0. The highest BCUT2D eigenvalue weighted by molar-refractivity contribution is 6.34. The zero-order chi connectivity index (χ0) is 15.4. The van der Waals surface area contributed by atoms with E-state index in [0.29, 0.717) is 17.0 Å². The Morgan fingerprint density at radius 3 is 2.62 bits per heavy atom. The summed E-state index contributed by atoms with van der Waals surface area (Å²) in [6.07, 6.45) is 0. The van der Waals surface area contributed by atoms with Crippen molar-refractivity contribution in [3.8, 4) is 5.75 Å². The molecule has 0 aliphatic carbocycles. The fourth-order valence-electron chi connectivity index (χ4n) is 1.76. The van der Waals surface area contributed by atoms with Crippen LogP contribution in [0.15, 0.2) is 42.5 Å². The van der Waals surface area contributed by atoms with Gasteiger partial charge in [0.15, 0.2) is 0 Å². The first-order chi connectivity index (χ1) is 10.0. The molecule has 108 valence electrons. The van der Waals surface area contributed by atoms with Crippen molar-refractivity contribution < 1.29 is 14.3 Å². The Kier molecular flexibility index (Phi) is 4.45. The Hall–Kier alpha value is -2.53. The highest BCUT2D eigenvalue weighted by Gasteiger charge is 2.11. The van der Waals surface area contributed by atoms with Crippen LogP contribution in [0.5, 0.6) is 5.75 Å². The van der Waals surface area contributed by atoms with Crippen LogP contribution in [0.25, 0.3) is 0 Å². The van der Waals surface area contributed by atoms with Crippen molar-refractivity contribution in [2.75, 3.05) is 12.4 Å². The highest BCUT2D eigenvalue weighted by Crippen LogP contribution is 2.21. The van der Waals surface area contributed by atoms with E-state index >= 15 is 0 Å². The topological polar surface area (TPSA) is 81.4 Å². The third-order valence-corrected chi connectivity index (χ3v) is 3.15. The van der Waals surface area contributed by atoms with Crippen molar-refractivity contribution in [3.63, 3.8) is 0 Å². The second kappa shape index (κ2) is 6.28. The van der Waals surface area contributed by atoms with Crippen LogP contribution in [0, 0.1) is 0 Å². The van der Waals surface area contributed by atoms with Gasteiger partial charge in [0.2, 0.25) is 5.91 Å². The monoisotopic (exact) mass is 304 g/mol. The van der Waals surface area contributed by atoms with Gasteiger partial charge in [0.25, 0.3) is 5.91 Å². The van der Waals surface area contributed by atoms with Crippen molar-refractivity contribution in [2.24, 2.45) is 5.73 Å². The number of benzene rings is 2. The van der Waals surface area contributed by atoms with Crippen molar-refractivity contribution in [3.05, 3.63) is 58.6 Å². The van der Waals surface area contributed by atoms with Gasteiger partial charge < -0.3 is 15.8 Å². The van der Waals surface area contributed by atoms with Crippen LogP contribution < -0.4 is 15.8 Å². The molecule has 2 amide bonds. The Morgan fingerprint density at radius 1 is 1.19 bits per heavy atom. The lowest BCUT2D eigenvalue weighted by Crippen LogP contribution is -2.15. The maximum absolute atomic E-state index is 12.1. The number of ether oxygens (including phenoxy) is 1. The SMILES string of the molecule is COc1cccc(C(=O)Nc2ccc(Cl)c(C(N)=O)c2)c1. The lowest BCUT2D eigenvalue weighted by atomic mass is 10.1. The third kappa shape index (κ3) is 3.52. The summed E-state index contributed by atoms with van der Waals surface area (Å²) in [5, 5.41) is 2.91. The number of nitrogens with one attached hydrogen (secondary N) is 1. The molecule has 0 aliphatic rings. The van der Waals surface area contributed by atoms with Crippen LogP contribution >= 0.6 is 11.6 Å². The minimum Gasteiger partial charge on any atom is -0.497 e. The summed E-state index contributed by atoms with van der Waals surface area (Å²) < 4.78 is 5.06. The number of rotatable bonds is 4. The molecule has 0 atom stereocenters. The number of nitrogens with two attached hydrogens (primary N) is 1. The molecule has 0 saturated heterocycles. The Bertz CT molecular complexity index is 701. The molecule has 0 heterocycles. The number of hydrogen-bond acceptors (Lipinski definition) is 3. The average molecular weight is 305 g/mol. The molecule has 0 aromatic heterocycles. The maximum atomic E-state index is 12.1. The molecule has 0 bridgehead atoms. The first kappa shape index (κ1) is 14.9. The first-order valence-electron chi connectivity index (χ1n) is 6.06. The number of methoxy groups -OCH3 is 1. The van der Waals surface area contributed by atoms with Gasteiger partial charge in [0.1, 0.15) is 5.75 Å². The van der Waals surface area contributed by atoms with Gasteiger partial charge in [0.05, 0.1) is 17.7 Å². The second-order valence-corrected chi connectivity index (χ2v) is 4.65. The predicted molar refractivity (Wildman–Crippen MR) is 80.9 cm³/mol. The Balaban J connectivity index is 2.23. The molecule has 2 aromatic rings. The van der Waals surface area contributed by atoms with Crippen molar-refractivity contribution in [1.29, 1.82) is 0 Å². The number of hydrogen-bond donors (Lipinski definition) is 2. The summed E-state index contributed by atoms with van der Waals surface area (Å²) in [5.41, 5.74) is 6.23. The quantitative estimate of drug-likeness (QED) is 0.911. The van der Waals surface area contributed by atoms with Gasteiger partial charge in [0, 0.05) is 11.3 Å². The van der Waals surface area contributed by atoms with E-state index in [-0.39, 0.29) is 16.5 Å². The normalized spacial score (nSPS) is 10.0. The van der Waals surface area contributed by atoms with Gasteiger partial charge in [-0.1, -0.05) is 17.7 Å². The molecule has 2 aromatic carbocycles. The summed E-state index contributed by atoms with van der Waals surface area (Å²) in [6.45, 7) is 0. The molecule has 21 heavy (non-hydrogen) atoms. The molecule has 0 unspecified atom stereocenters. The Morgan fingerprint density at radius 2 is 1.95 bits per heavy atom. The van der Waals surface area contributed by atoms with Crippen molar-refractivity contribution in [2.45, 2.75) is 0 Å². The number of primary amides is 1. The molecule has 2 rings (SSSR count). The van der Waals surface area contributed by atoms with Crippen LogP contribution in [0.1, 0.15) is 20.7 Å². The molecule has 0 saturated carbocycles. The standard InChI is InChI=1S/C15H13ClN2O3/c1-21-11-4-2-3-9(7-11)15(20)18-10-5-6-13(16)12(8-10)14(17)19/h2-8H,1H3,(H2,17,19)(H,18,20). The number of halogens is 1. The third-order valence-electron chi connectivity index (χ3n) is 2.82. The van der Waals surface area contributed by atoms with Crippen LogP contribution in [-0.4, -0.2) is 18.9 Å². The number of carbonyl (C=O) groups is 2. The summed E-state index contributed by atoms with van der Waals surface area (Å²) in [4.78, 5) is 23.4. The van der Waals surface area contributed by atoms with Gasteiger partial charge in [-0.25, -0.2) is 0 Å². The van der Waals surface area contributed by atoms with Gasteiger partial charge in [-0.15, -0.1) is 0 Å². The maximum Gasteiger partial charge on any atom is 0.255 e. The van der Waals surface area contributed by atoms with E-state index in [4.69, 9.17) is 22.1 Å². The molecule has 5 nitrogen and oxygen atoms in total. The molecular weight excluding hydrogens is 292 g/mol. The van der Waals surface area contributed by atoms with Gasteiger partial charge in [-0.2, -0.15) is 0 Å². The molecule has 0 aliphatic heterocycles. The van der Waals surface area contributed by atoms with E-state index in [2.05, 4.69) is 5.32 Å². The number of amides is 2. The molecule has 6 heteroatoms. The highest BCUT2D eigenvalue weighted by atomic mass is 35.5. The molecule has 3 N–H and O–H groups in total. The first-order valence-corrected chi connectivity index (χ1v) is 6.44. The van der Waals surface area contributed by atoms with E-state index in [1.54, 1.807) is 30.3 Å². The van der Waals surface area contributed by atoms with Crippen molar-refractivity contribution in [1.82, 2.24) is 0 Å². The largest absolute Gasteiger partial charge is 0.497 e. The zero-order valence-electron chi connectivity index (χ0n) is 11.2.